The minimum atomic E-state index is -0.773. The molecule has 0 bridgehead atoms. The van der Waals surface area contributed by atoms with Gasteiger partial charge in [0.2, 0.25) is 0 Å². The first-order valence-electron chi connectivity index (χ1n) is 3.54. The maximum Gasteiger partial charge on any atom is 0.347 e. The lowest BCUT2D eigenvalue weighted by Crippen LogP contribution is -2.22. The van der Waals surface area contributed by atoms with Crippen LogP contribution < -0.4 is 5.32 Å². The van der Waals surface area contributed by atoms with E-state index in [-0.39, 0.29) is 30.0 Å². The minimum absolute atomic E-state index is 0. The van der Waals surface area contributed by atoms with Crippen molar-refractivity contribution in [3.8, 4) is 0 Å². The Morgan fingerprint density at radius 2 is 2.31 bits per heavy atom. The first-order chi connectivity index (χ1) is 5.66. The van der Waals surface area contributed by atoms with Crippen LogP contribution in [0.25, 0.3) is 0 Å². The van der Waals surface area contributed by atoms with Gasteiger partial charge in [-0.15, -0.1) is 0 Å². The van der Waals surface area contributed by atoms with Crippen LogP contribution in [0.4, 0.5) is 0 Å². The Hall–Kier alpha value is -1.56. The maximum atomic E-state index is 11.0. The smallest absolute Gasteiger partial charge is 0.347 e. The third-order valence-electron chi connectivity index (χ3n) is 1.41. The van der Waals surface area contributed by atoms with E-state index in [1.54, 1.807) is 6.92 Å². The van der Waals surface area contributed by atoms with E-state index < -0.39 is 11.9 Å². The molecule has 0 spiro atoms. The highest BCUT2D eigenvalue weighted by Gasteiger charge is 2.29. The summed E-state index contributed by atoms with van der Waals surface area (Å²) in [4.78, 5) is 21.8. The number of aliphatic hydroxyl groups is 1. The molecule has 1 heterocycles. The van der Waals surface area contributed by atoms with Crippen molar-refractivity contribution < 1.29 is 24.9 Å². The summed E-state index contributed by atoms with van der Waals surface area (Å²) in [5, 5.41) is 11.3. The van der Waals surface area contributed by atoms with Crippen LogP contribution in [-0.4, -0.2) is 35.6 Å². The zero-order chi connectivity index (χ0) is 9.14. The van der Waals surface area contributed by atoms with E-state index in [4.69, 9.17) is 5.11 Å². The SMILES string of the molecule is CCOC(=O)C1=C(O)CNC1=O.O. The molecular weight excluding hydrogens is 178 g/mol. The van der Waals surface area contributed by atoms with Crippen LogP contribution in [0, 0.1) is 0 Å². The standard InChI is InChI=1S/C7H9NO4.H2O/c1-2-12-7(11)5-4(9)3-8-6(5)10;/h9H,2-3H2,1H3,(H,8,10);1H2. The van der Waals surface area contributed by atoms with Crippen LogP contribution in [0.15, 0.2) is 11.3 Å². The maximum absolute atomic E-state index is 11.0. The van der Waals surface area contributed by atoms with Gasteiger partial charge in [-0.2, -0.15) is 0 Å². The molecule has 0 aromatic heterocycles. The number of nitrogens with one attached hydrogen (secondary N) is 1. The van der Waals surface area contributed by atoms with Crippen molar-refractivity contribution in [2.24, 2.45) is 0 Å². The lowest BCUT2D eigenvalue weighted by atomic mass is 10.2. The molecule has 0 radical (unpaired) electrons. The van der Waals surface area contributed by atoms with Crippen LogP contribution in [-0.2, 0) is 14.3 Å². The lowest BCUT2D eigenvalue weighted by molar-refractivity contribution is -0.140. The summed E-state index contributed by atoms with van der Waals surface area (Å²) >= 11 is 0. The van der Waals surface area contributed by atoms with E-state index in [2.05, 4.69) is 10.1 Å². The molecule has 0 aliphatic carbocycles. The highest BCUT2D eigenvalue weighted by atomic mass is 16.5. The molecule has 13 heavy (non-hydrogen) atoms. The van der Waals surface area contributed by atoms with Gasteiger partial charge in [0.1, 0.15) is 5.76 Å². The molecule has 0 fully saturated rings. The Morgan fingerprint density at radius 3 is 2.69 bits per heavy atom. The van der Waals surface area contributed by atoms with Crippen LogP contribution in [0.5, 0.6) is 0 Å². The van der Waals surface area contributed by atoms with Gasteiger partial charge in [-0.05, 0) is 6.92 Å². The fraction of sp³-hybridized carbons (Fsp3) is 0.429. The topological polar surface area (TPSA) is 107 Å². The second-order valence-corrected chi connectivity index (χ2v) is 2.22. The average molecular weight is 189 g/mol. The summed E-state index contributed by atoms with van der Waals surface area (Å²) in [5.41, 5.74) is -0.281. The third kappa shape index (κ3) is 2.19. The molecule has 4 N–H and O–H groups in total. The molecule has 74 valence electrons. The van der Waals surface area contributed by atoms with Gasteiger partial charge in [0, 0.05) is 0 Å². The first-order valence-corrected chi connectivity index (χ1v) is 3.54. The molecule has 1 rings (SSSR count). The van der Waals surface area contributed by atoms with Crippen molar-refractivity contribution in [2.75, 3.05) is 13.2 Å². The van der Waals surface area contributed by atoms with Gasteiger partial charge in [0.15, 0.2) is 5.57 Å². The molecule has 6 heteroatoms. The highest BCUT2D eigenvalue weighted by Crippen LogP contribution is 2.09. The van der Waals surface area contributed by atoms with Gasteiger partial charge in [-0.25, -0.2) is 4.79 Å². The van der Waals surface area contributed by atoms with Crippen molar-refractivity contribution >= 4 is 11.9 Å². The predicted octanol–water partition coefficient (Wildman–Crippen LogP) is -1.33. The van der Waals surface area contributed by atoms with Gasteiger partial charge in [0.05, 0.1) is 13.2 Å². The number of rotatable bonds is 2. The number of hydrogen-bond donors (Lipinski definition) is 2. The summed E-state index contributed by atoms with van der Waals surface area (Å²) in [7, 11) is 0. The Labute approximate surface area is 74.5 Å². The van der Waals surface area contributed by atoms with Crippen LogP contribution >= 0.6 is 0 Å². The zero-order valence-electron chi connectivity index (χ0n) is 7.09. The number of amides is 1. The van der Waals surface area contributed by atoms with Crippen LogP contribution in [0.1, 0.15) is 6.92 Å². The van der Waals surface area contributed by atoms with E-state index in [1.807, 2.05) is 0 Å². The van der Waals surface area contributed by atoms with Crippen molar-refractivity contribution in [1.82, 2.24) is 5.32 Å². The van der Waals surface area contributed by atoms with E-state index in [0.29, 0.717) is 0 Å². The number of carbonyl (C=O) groups excluding carboxylic acids is 2. The largest absolute Gasteiger partial charge is 0.509 e. The molecule has 0 aromatic carbocycles. The molecule has 1 amide bonds. The number of hydrogen-bond acceptors (Lipinski definition) is 4. The predicted molar refractivity (Wildman–Crippen MR) is 42.9 cm³/mol. The van der Waals surface area contributed by atoms with Crippen LogP contribution in [0.3, 0.4) is 0 Å². The fourth-order valence-corrected chi connectivity index (χ4v) is 0.886. The van der Waals surface area contributed by atoms with Crippen molar-refractivity contribution in [3.63, 3.8) is 0 Å². The Balaban J connectivity index is 0.00000144. The van der Waals surface area contributed by atoms with Crippen molar-refractivity contribution in [3.05, 3.63) is 11.3 Å². The second-order valence-electron chi connectivity index (χ2n) is 2.22. The average Bonchev–Trinajstić information content (AvgIpc) is 2.32. The van der Waals surface area contributed by atoms with Gasteiger partial charge < -0.3 is 20.6 Å². The van der Waals surface area contributed by atoms with Gasteiger partial charge >= 0.3 is 5.97 Å². The molecule has 1 aliphatic rings. The monoisotopic (exact) mass is 189 g/mol. The molecule has 0 saturated carbocycles. The molecule has 0 saturated heterocycles. The molecule has 0 unspecified atom stereocenters. The van der Waals surface area contributed by atoms with E-state index in [1.165, 1.54) is 0 Å². The Kier molecular flexibility index (Phi) is 3.93. The van der Waals surface area contributed by atoms with Gasteiger partial charge in [-0.3, -0.25) is 4.79 Å². The summed E-state index contributed by atoms with van der Waals surface area (Å²) in [6.07, 6.45) is 0. The summed E-state index contributed by atoms with van der Waals surface area (Å²) < 4.78 is 4.55. The number of aliphatic hydroxyl groups excluding tert-OH is 1. The molecular formula is C7H11NO5. The second kappa shape index (κ2) is 4.46. The van der Waals surface area contributed by atoms with E-state index >= 15 is 0 Å². The Bertz CT molecular complexity index is 258. The molecule has 0 atom stereocenters. The summed E-state index contributed by atoms with van der Waals surface area (Å²) in [5.74, 6) is -1.60. The van der Waals surface area contributed by atoms with Gasteiger partial charge in [-0.1, -0.05) is 0 Å². The van der Waals surface area contributed by atoms with Gasteiger partial charge in [0.25, 0.3) is 5.91 Å². The minimum Gasteiger partial charge on any atom is -0.509 e. The van der Waals surface area contributed by atoms with Crippen molar-refractivity contribution in [1.29, 1.82) is 0 Å². The number of ether oxygens (including phenoxy) is 1. The Morgan fingerprint density at radius 1 is 1.69 bits per heavy atom. The van der Waals surface area contributed by atoms with Crippen molar-refractivity contribution in [2.45, 2.75) is 6.92 Å². The summed E-state index contributed by atoms with van der Waals surface area (Å²) in [6.45, 7) is 1.82. The molecule has 0 aromatic rings. The van der Waals surface area contributed by atoms with E-state index in [0.717, 1.165) is 0 Å². The normalized spacial score (nSPS) is 15.0. The number of carbonyl (C=O) groups is 2. The quantitative estimate of drug-likeness (QED) is 0.414. The molecule has 6 nitrogen and oxygen atoms in total. The first kappa shape index (κ1) is 11.4. The molecule has 1 aliphatic heterocycles. The van der Waals surface area contributed by atoms with E-state index in [9.17, 15) is 9.59 Å². The van der Waals surface area contributed by atoms with Crippen LogP contribution in [0.2, 0.25) is 0 Å². The lowest BCUT2D eigenvalue weighted by Gasteiger charge is -1.99. The number of esters is 1. The zero-order valence-corrected chi connectivity index (χ0v) is 7.09. The third-order valence-corrected chi connectivity index (χ3v) is 1.41. The summed E-state index contributed by atoms with van der Waals surface area (Å²) in [6, 6.07) is 0. The highest BCUT2D eigenvalue weighted by molar-refractivity contribution is 6.18. The fourth-order valence-electron chi connectivity index (χ4n) is 0.886.